The number of morpholine rings is 1. The first-order valence-corrected chi connectivity index (χ1v) is 7.52. The molecule has 1 aliphatic heterocycles. The number of hydrogen-bond acceptors (Lipinski definition) is 5. The Bertz CT molecular complexity index is 379. The van der Waals surface area contributed by atoms with Crippen LogP contribution in [0.15, 0.2) is 0 Å². The van der Waals surface area contributed by atoms with Gasteiger partial charge < -0.3 is 25.8 Å². The molecule has 2 atom stereocenters. The molecule has 3 amide bonds. The molecule has 0 aliphatic carbocycles. The Balaban J connectivity index is 2.66. The molecule has 1 aliphatic rings. The van der Waals surface area contributed by atoms with Gasteiger partial charge in [-0.25, -0.2) is 9.59 Å². The van der Waals surface area contributed by atoms with E-state index in [2.05, 4.69) is 5.32 Å². The highest BCUT2D eigenvalue weighted by molar-refractivity contribution is 7.98. The maximum atomic E-state index is 12.1. The van der Waals surface area contributed by atoms with E-state index < -0.39 is 30.0 Å². The number of carbonyl (C=O) groups is 3. The molecule has 20 heavy (non-hydrogen) atoms. The van der Waals surface area contributed by atoms with Gasteiger partial charge in [0.2, 0.25) is 5.91 Å². The highest BCUT2D eigenvalue weighted by Gasteiger charge is 2.33. The van der Waals surface area contributed by atoms with E-state index in [1.807, 2.05) is 6.26 Å². The van der Waals surface area contributed by atoms with Crippen molar-refractivity contribution < 1.29 is 24.2 Å². The van der Waals surface area contributed by atoms with Gasteiger partial charge in [0.15, 0.2) is 0 Å². The van der Waals surface area contributed by atoms with Crippen molar-refractivity contribution in [2.24, 2.45) is 5.73 Å². The minimum atomic E-state index is -1.10. The molecule has 1 rings (SSSR count). The quantitative estimate of drug-likeness (QED) is 0.584. The molecule has 0 spiro atoms. The molecule has 0 aromatic carbocycles. The fourth-order valence-corrected chi connectivity index (χ4v) is 2.28. The van der Waals surface area contributed by atoms with Gasteiger partial charge in [0.25, 0.3) is 0 Å². The number of hydrogen-bond donors (Lipinski definition) is 3. The first kappa shape index (κ1) is 16.6. The number of rotatable bonds is 6. The van der Waals surface area contributed by atoms with E-state index in [-0.39, 0.29) is 13.2 Å². The van der Waals surface area contributed by atoms with Crippen LogP contribution >= 0.6 is 11.8 Å². The number of nitrogens with one attached hydrogen (secondary N) is 1. The van der Waals surface area contributed by atoms with Gasteiger partial charge in [-0.3, -0.25) is 4.79 Å². The predicted molar refractivity (Wildman–Crippen MR) is 73.5 cm³/mol. The van der Waals surface area contributed by atoms with E-state index in [9.17, 15) is 14.4 Å². The van der Waals surface area contributed by atoms with Crippen molar-refractivity contribution in [2.45, 2.75) is 18.5 Å². The van der Waals surface area contributed by atoms with Crippen molar-refractivity contribution in [3.05, 3.63) is 0 Å². The molecule has 114 valence electrons. The first-order valence-electron chi connectivity index (χ1n) is 6.13. The number of amides is 3. The van der Waals surface area contributed by atoms with Crippen LogP contribution < -0.4 is 11.1 Å². The van der Waals surface area contributed by atoms with Gasteiger partial charge in [0, 0.05) is 6.54 Å². The predicted octanol–water partition coefficient (Wildman–Crippen LogP) is -0.912. The average Bonchev–Trinajstić information content (AvgIpc) is 2.42. The zero-order valence-corrected chi connectivity index (χ0v) is 12.0. The Morgan fingerprint density at radius 3 is 2.80 bits per heavy atom. The van der Waals surface area contributed by atoms with Crippen molar-refractivity contribution in [1.29, 1.82) is 0 Å². The Kier molecular flexibility index (Phi) is 6.59. The van der Waals surface area contributed by atoms with Crippen molar-refractivity contribution >= 4 is 29.7 Å². The Morgan fingerprint density at radius 2 is 2.25 bits per heavy atom. The lowest BCUT2D eigenvalue weighted by atomic mass is 10.2. The summed E-state index contributed by atoms with van der Waals surface area (Å²) in [5.41, 5.74) is 5.21. The topological polar surface area (TPSA) is 122 Å². The molecule has 8 nitrogen and oxygen atoms in total. The van der Waals surface area contributed by atoms with Gasteiger partial charge in [0.1, 0.15) is 12.1 Å². The third kappa shape index (κ3) is 4.57. The van der Waals surface area contributed by atoms with E-state index in [4.69, 9.17) is 15.6 Å². The van der Waals surface area contributed by atoms with Crippen LogP contribution in [-0.4, -0.2) is 71.8 Å². The number of primary amides is 1. The van der Waals surface area contributed by atoms with Crippen LogP contribution in [0.25, 0.3) is 0 Å². The summed E-state index contributed by atoms with van der Waals surface area (Å²) in [5.74, 6) is -1.16. The molecular formula is C11H19N3O5S. The van der Waals surface area contributed by atoms with Gasteiger partial charge in [-0.1, -0.05) is 0 Å². The Labute approximate surface area is 121 Å². The van der Waals surface area contributed by atoms with Gasteiger partial charge in [-0.2, -0.15) is 11.8 Å². The van der Waals surface area contributed by atoms with Crippen LogP contribution in [0.3, 0.4) is 0 Å². The van der Waals surface area contributed by atoms with Gasteiger partial charge in [-0.05, 0) is 18.4 Å². The number of carbonyl (C=O) groups excluding carboxylic acids is 2. The summed E-state index contributed by atoms with van der Waals surface area (Å²) < 4.78 is 5.10. The number of carboxylic acid groups (broad SMARTS) is 1. The second-order valence-electron chi connectivity index (χ2n) is 4.31. The lowest BCUT2D eigenvalue weighted by molar-refractivity contribution is -0.139. The largest absolute Gasteiger partial charge is 0.480 e. The third-order valence-electron chi connectivity index (χ3n) is 2.92. The maximum absolute atomic E-state index is 12.1. The smallest absolute Gasteiger partial charge is 0.326 e. The van der Waals surface area contributed by atoms with Crippen molar-refractivity contribution in [2.75, 3.05) is 31.8 Å². The first-order chi connectivity index (χ1) is 9.47. The monoisotopic (exact) mass is 305 g/mol. The van der Waals surface area contributed by atoms with Crippen LogP contribution in [0.2, 0.25) is 0 Å². The Morgan fingerprint density at radius 1 is 1.55 bits per heavy atom. The zero-order chi connectivity index (χ0) is 15.1. The maximum Gasteiger partial charge on any atom is 0.326 e. The molecule has 1 unspecified atom stereocenters. The minimum absolute atomic E-state index is 0.0330. The summed E-state index contributed by atoms with van der Waals surface area (Å²) in [6.07, 6.45) is 2.17. The van der Waals surface area contributed by atoms with Crippen LogP contribution in [0.4, 0.5) is 4.79 Å². The number of nitrogens with two attached hydrogens (primary N) is 1. The van der Waals surface area contributed by atoms with E-state index in [1.54, 1.807) is 0 Å². The number of thioether (sulfide) groups is 1. The lowest BCUT2D eigenvalue weighted by Gasteiger charge is -2.34. The molecule has 0 bridgehead atoms. The van der Waals surface area contributed by atoms with E-state index in [0.717, 1.165) is 0 Å². The highest BCUT2D eigenvalue weighted by Crippen LogP contribution is 2.08. The molecule has 1 heterocycles. The summed E-state index contributed by atoms with van der Waals surface area (Å²) in [6, 6.07) is -2.45. The molecule has 1 saturated heterocycles. The SMILES string of the molecule is CSCC[C@H](NC(=O)N1CCOCC1C(N)=O)C(=O)O. The number of ether oxygens (including phenoxy) is 1. The molecule has 0 aromatic heterocycles. The van der Waals surface area contributed by atoms with Crippen molar-refractivity contribution in [3.8, 4) is 0 Å². The molecule has 9 heteroatoms. The Hall–Kier alpha value is -1.48. The molecule has 4 N–H and O–H groups in total. The van der Waals surface area contributed by atoms with Crippen LogP contribution in [0.1, 0.15) is 6.42 Å². The fourth-order valence-electron chi connectivity index (χ4n) is 1.81. The summed E-state index contributed by atoms with van der Waals surface area (Å²) in [5, 5.41) is 11.5. The van der Waals surface area contributed by atoms with Crippen LogP contribution in [0, 0.1) is 0 Å². The normalized spacial score (nSPS) is 20.2. The molecule has 0 radical (unpaired) electrons. The van der Waals surface area contributed by atoms with E-state index in [1.165, 1.54) is 16.7 Å². The number of carboxylic acids is 1. The van der Waals surface area contributed by atoms with Crippen molar-refractivity contribution in [3.63, 3.8) is 0 Å². The molecule has 0 saturated carbocycles. The van der Waals surface area contributed by atoms with Gasteiger partial charge in [-0.15, -0.1) is 0 Å². The number of aliphatic carboxylic acids is 1. The summed E-state index contributed by atoms with van der Waals surface area (Å²) in [4.78, 5) is 35.6. The number of nitrogens with zero attached hydrogens (tertiary/aromatic N) is 1. The summed E-state index contributed by atoms with van der Waals surface area (Å²) in [6.45, 7) is 0.527. The third-order valence-corrected chi connectivity index (χ3v) is 3.57. The van der Waals surface area contributed by atoms with E-state index >= 15 is 0 Å². The second-order valence-corrected chi connectivity index (χ2v) is 5.29. The summed E-state index contributed by atoms with van der Waals surface area (Å²) >= 11 is 1.49. The van der Waals surface area contributed by atoms with Gasteiger partial charge >= 0.3 is 12.0 Å². The highest BCUT2D eigenvalue weighted by atomic mass is 32.2. The standard InChI is InChI=1S/C11H19N3O5S/c1-20-5-2-7(10(16)17)13-11(18)14-3-4-19-6-8(14)9(12)15/h7-8H,2-6H2,1H3,(H2,12,15)(H,13,18)(H,16,17)/t7-,8?/m0/s1. The zero-order valence-electron chi connectivity index (χ0n) is 11.2. The van der Waals surface area contributed by atoms with Gasteiger partial charge in [0.05, 0.1) is 13.2 Å². The lowest BCUT2D eigenvalue weighted by Crippen LogP contribution is -2.59. The number of urea groups is 1. The average molecular weight is 305 g/mol. The molecular weight excluding hydrogens is 286 g/mol. The summed E-state index contributed by atoms with van der Waals surface area (Å²) in [7, 11) is 0. The molecule has 1 fully saturated rings. The van der Waals surface area contributed by atoms with Crippen molar-refractivity contribution in [1.82, 2.24) is 10.2 Å². The molecule has 0 aromatic rings. The fraction of sp³-hybridized carbons (Fsp3) is 0.727. The minimum Gasteiger partial charge on any atom is -0.480 e. The van der Waals surface area contributed by atoms with E-state index in [0.29, 0.717) is 18.8 Å². The van der Waals surface area contributed by atoms with Crippen LogP contribution in [-0.2, 0) is 14.3 Å². The second kappa shape index (κ2) is 7.95. The van der Waals surface area contributed by atoms with Crippen LogP contribution in [0.5, 0.6) is 0 Å².